The van der Waals surface area contributed by atoms with Crippen molar-refractivity contribution in [1.29, 1.82) is 0 Å². The van der Waals surface area contributed by atoms with Gasteiger partial charge in [0.05, 0.1) is 18.9 Å². The maximum absolute atomic E-state index is 13.0. The van der Waals surface area contributed by atoms with Gasteiger partial charge in [0.15, 0.2) is 0 Å². The summed E-state index contributed by atoms with van der Waals surface area (Å²) >= 11 is 0. The fraction of sp³-hybridized carbons (Fsp3) is 0.207. The van der Waals surface area contributed by atoms with Crippen molar-refractivity contribution in [2.45, 2.75) is 13.8 Å². The van der Waals surface area contributed by atoms with E-state index >= 15 is 0 Å². The number of ether oxygens (including phenoxy) is 1. The molecule has 1 aliphatic heterocycles. The molecule has 4 heteroatoms. The normalized spacial score (nSPS) is 14.5. The van der Waals surface area contributed by atoms with Crippen molar-refractivity contribution >= 4 is 29.4 Å². The number of rotatable bonds is 6. The molecule has 0 radical (unpaired) electrons. The summed E-state index contributed by atoms with van der Waals surface area (Å²) in [5.41, 5.74) is 7.30. The Morgan fingerprint density at radius 2 is 1.58 bits per heavy atom. The summed E-state index contributed by atoms with van der Waals surface area (Å²) in [6, 6.07) is 24.6. The number of nitrogens with zero attached hydrogens (tertiary/aromatic N) is 1. The Bertz CT molecular complexity index is 1140. The molecule has 0 atom stereocenters. The Morgan fingerprint density at radius 3 is 2.27 bits per heavy atom. The Hall–Kier alpha value is -3.63. The predicted octanol–water partition coefficient (Wildman–Crippen LogP) is 5.79. The maximum atomic E-state index is 13.0. The monoisotopic (exact) mass is 438 g/mol. The van der Waals surface area contributed by atoms with Gasteiger partial charge in [-0.25, -0.2) is 0 Å². The quantitative estimate of drug-likeness (QED) is 0.391. The zero-order valence-electron chi connectivity index (χ0n) is 19.3. The Balaban J connectivity index is 1.70. The molecule has 1 aliphatic rings. The first-order valence-corrected chi connectivity index (χ1v) is 11.4. The molecule has 0 aliphatic carbocycles. The fourth-order valence-corrected chi connectivity index (χ4v) is 4.00. The number of hydrogen-bond acceptors (Lipinski definition) is 3. The summed E-state index contributed by atoms with van der Waals surface area (Å²) in [6.45, 7) is 6.60. The summed E-state index contributed by atoms with van der Waals surface area (Å²) in [6.07, 6.45) is 5.96. The topological polar surface area (TPSA) is 41.6 Å². The van der Waals surface area contributed by atoms with Crippen LogP contribution >= 0.6 is 0 Å². The van der Waals surface area contributed by atoms with Gasteiger partial charge in [-0.05, 0) is 42.2 Å². The lowest BCUT2D eigenvalue weighted by atomic mass is 10.0. The van der Waals surface area contributed by atoms with Crippen molar-refractivity contribution < 1.29 is 9.53 Å². The summed E-state index contributed by atoms with van der Waals surface area (Å²) < 4.78 is 5.40. The molecule has 0 unspecified atom stereocenters. The minimum absolute atomic E-state index is 0.00389. The minimum Gasteiger partial charge on any atom is -0.378 e. The maximum Gasteiger partial charge on any atom is 0.248 e. The number of morpholine rings is 1. The molecular formula is C29H30N2O2. The van der Waals surface area contributed by atoms with Crippen molar-refractivity contribution in [3.63, 3.8) is 0 Å². The molecule has 168 valence electrons. The van der Waals surface area contributed by atoms with Crippen LogP contribution < -0.4 is 5.32 Å². The van der Waals surface area contributed by atoms with Gasteiger partial charge in [-0.3, -0.25) is 4.79 Å². The third kappa shape index (κ3) is 5.99. The molecule has 0 saturated carbocycles. The highest BCUT2D eigenvalue weighted by atomic mass is 16.5. The molecule has 1 fully saturated rings. The number of carbonyl (C=O) groups excluding carboxylic acids is 1. The van der Waals surface area contributed by atoms with Gasteiger partial charge in [0, 0.05) is 24.9 Å². The van der Waals surface area contributed by atoms with Gasteiger partial charge in [0.1, 0.15) is 0 Å². The van der Waals surface area contributed by atoms with E-state index in [1.165, 1.54) is 5.56 Å². The van der Waals surface area contributed by atoms with Crippen molar-refractivity contribution in [2.75, 3.05) is 31.6 Å². The van der Waals surface area contributed by atoms with Crippen molar-refractivity contribution in [1.82, 2.24) is 4.90 Å². The van der Waals surface area contributed by atoms with E-state index in [2.05, 4.69) is 55.6 Å². The molecule has 33 heavy (non-hydrogen) atoms. The molecule has 0 aromatic heterocycles. The van der Waals surface area contributed by atoms with Crippen LogP contribution in [0, 0.1) is 13.8 Å². The van der Waals surface area contributed by atoms with Crippen LogP contribution in [-0.2, 0) is 9.53 Å². The van der Waals surface area contributed by atoms with E-state index in [1.54, 1.807) is 6.08 Å². The van der Waals surface area contributed by atoms with E-state index in [9.17, 15) is 4.79 Å². The molecule has 3 aromatic rings. The van der Waals surface area contributed by atoms with E-state index < -0.39 is 0 Å². The van der Waals surface area contributed by atoms with Crippen LogP contribution in [0.2, 0.25) is 0 Å². The first kappa shape index (κ1) is 22.6. The van der Waals surface area contributed by atoms with E-state index in [0.717, 1.165) is 33.6 Å². The average molecular weight is 439 g/mol. The number of benzene rings is 3. The minimum atomic E-state index is -0.00389. The van der Waals surface area contributed by atoms with Gasteiger partial charge >= 0.3 is 0 Å². The lowest BCUT2D eigenvalue weighted by Crippen LogP contribution is -2.40. The zero-order valence-corrected chi connectivity index (χ0v) is 19.3. The smallest absolute Gasteiger partial charge is 0.248 e. The third-order valence-electron chi connectivity index (χ3n) is 5.70. The van der Waals surface area contributed by atoms with Crippen molar-refractivity contribution in [2.24, 2.45) is 0 Å². The van der Waals surface area contributed by atoms with Crippen LogP contribution in [0.25, 0.3) is 17.8 Å². The molecular weight excluding hydrogens is 408 g/mol. The van der Waals surface area contributed by atoms with Crippen molar-refractivity contribution in [3.8, 4) is 0 Å². The molecule has 3 aromatic carbocycles. The second-order valence-electron chi connectivity index (χ2n) is 8.28. The highest BCUT2D eigenvalue weighted by Gasteiger charge is 2.17. The first-order valence-electron chi connectivity index (χ1n) is 11.4. The van der Waals surface area contributed by atoms with Gasteiger partial charge < -0.3 is 15.0 Å². The molecule has 0 bridgehead atoms. The number of carbonyl (C=O) groups is 1. The van der Waals surface area contributed by atoms with Gasteiger partial charge in [0.25, 0.3) is 0 Å². The number of anilines is 1. The number of hydrogen-bond donors (Lipinski definition) is 1. The molecule has 1 amide bonds. The largest absolute Gasteiger partial charge is 0.378 e. The van der Waals surface area contributed by atoms with Crippen LogP contribution in [0.4, 0.5) is 5.69 Å². The molecule has 0 spiro atoms. The third-order valence-corrected chi connectivity index (χ3v) is 5.70. The SMILES string of the molecule is Cc1cc(C)c(N/C(=C/C(=O)N2CCOCC2)c2ccccc2)c(/C=C/c2ccccc2)c1. The summed E-state index contributed by atoms with van der Waals surface area (Å²) in [5.74, 6) is -0.00389. The molecule has 4 nitrogen and oxygen atoms in total. The summed E-state index contributed by atoms with van der Waals surface area (Å²) in [7, 11) is 0. The van der Waals surface area contributed by atoms with Crippen molar-refractivity contribution in [3.05, 3.63) is 107 Å². The van der Waals surface area contributed by atoms with Gasteiger partial charge in [-0.2, -0.15) is 0 Å². The lowest BCUT2D eigenvalue weighted by Gasteiger charge is -2.26. The highest BCUT2D eigenvalue weighted by molar-refractivity contribution is 5.98. The number of amides is 1. The van der Waals surface area contributed by atoms with Crippen LogP contribution in [0.3, 0.4) is 0 Å². The average Bonchev–Trinajstić information content (AvgIpc) is 2.85. The summed E-state index contributed by atoms with van der Waals surface area (Å²) in [5, 5.41) is 3.60. The van der Waals surface area contributed by atoms with E-state index in [-0.39, 0.29) is 5.91 Å². The van der Waals surface area contributed by atoms with E-state index in [0.29, 0.717) is 26.3 Å². The molecule has 1 N–H and O–H groups in total. The Kier molecular flexibility index (Phi) is 7.38. The van der Waals surface area contributed by atoms with Gasteiger partial charge in [0.2, 0.25) is 5.91 Å². The first-order chi connectivity index (χ1) is 16.1. The number of aryl methyl sites for hydroxylation is 2. The van der Waals surface area contributed by atoms with Crippen LogP contribution in [-0.4, -0.2) is 37.1 Å². The van der Waals surface area contributed by atoms with Crippen LogP contribution in [0.15, 0.2) is 78.9 Å². The standard InChI is InChI=1S/C29H30N2O2/c1-22-19-23(2)29(26(20-22)14-13-24-9-5-3-6-10-24)30-27(25-11-7-4-8-12-25)21-28(32)31-15-17-33-18-16-31/h3-14,19-21,30H,15-18H2,1-2H3/b14-13+,27-21+. The lowest BCUT2D eigenvalue weighted by molar-refractivity contribution is -0.129. The Labute approximate surface area is 196 Å². The van der Waals surface area contributed by atoms with E-state index in [4.69, 9.17) is 4.74 Å². The highest BCUT2D eigenvalue weighted by Crippen LogP contribution is 2.29. The fourth-order valence-electron chi connectivity index (χ4n) is 4.00. The van der Waals surface area contributed by atoms with Crippen LogP contribution in [0.5, 0.6) is 0 Å². The second kappa shape index (κ2) is 10.8. The molecule has 1 saturated heterocycles. The summed E-state index contributed by atoms with van der Waals surface area (Å²) in [4.78, 5) is 14.9. The Morgan fingerprint density at radius 1 is 0.909 bits per heavy atom. The van der Waals surface area contributed by atoms with Gasteiger partial charge in [-0.1, -0.05) is 84.4 Å². The van der Waals surface area contributed by atoms with E-state index in [1.807, 2.05) is 53.4 Å². The van der Waals surface area contributed by atoms with Gasteiger partial charge in [-0.15, -0.1) is 0 Å². The molecule has 4 rings (SSSR count). The number of nitrogens with one attached hydrogen (secondary N) is 1. The van der Waals surface area contributed by atoms with Crippen LogP contribution in [0.1, 0.15) is 27.8 Å². The second-order valence-corrected chi connectivity index (χ2v) is 8.28. The predicted molar refractivity (Wildman–Crippen MR) is 137 cm³/mol. The zero-order chi connectivity index (χ0) is 23.0. The molecule has 1 heterocycles.